The summed E-state index contributed by atoms with van der Waals surface area (Å²) in [5, 5.41) is 3.26. The number of hydrogen-bond acceptors (Lipinski definition) is 3. The Morgan fingerprint density at radius 1 is 1.22 bits per heavy atom. The van der Waals surface area contributed by atoms with Crippen LogP contribution in [-0.2, 0) is 4.74 Å². The molecule has 0 fully saturated rings. The molecular weight excluding hydrogens is 301 g/mol. The van der Waals surface area contributed by atoms with Crippen LogP contribution in [0.3, 0.4) is 0 Å². The van der Waals surface area contributed by atoms with Gasteiger partial charge in [-0.15, -0.1) is 0 Å². The molecule has 1 N–H and O–H groups in total. The largest absolute Gasteiger partial charge is 0.492 e. The van der Waals surface area contributed by atoms with Gasteiger partial charge in [0.1, 0.15) is 11.6 Å². The van der Waals surface area contributed by atoms with Crippen molar-refractivity contribution < 1.29 is 13.9 Å². The van der Waals surface area contributed by atoms with E-state index in [2.05, 4.69) is 21.2 Å². The van der Waals surface area contributed by atoms with Crippen molar-refractivity contribution >= 4 is 15.9 Å². The first kappa shape index (κ1) is 15.4. The Morgan fingerprint density at radius 3 is 2.83 bits per heavy atom. The number of nitrogens with one attached hydrogen (secondary N) is 1. The predicted molar refractivity (Wildman–Crippen MR) is 73.6 cm³/mol. The maximum absolute atomic E-state index is 13.0. The Kier molecular flexibility index (Phi) is 7.96. The van der Waals surface area contributed by atoms with Crippen LogP contribution in [0.5, 0.6) is 5.75 Å². The van der Waals surface area contributed by atoms with E-state index in [1.165, 1.54) is 12.1 Å². The second-order valence-electron chi connectivity index (χ2n) is 3.87. The van der Waals surface area contributed by atoms with Crippen LogP contribution in [0.2, 0.25) is 0 Å². The molecule has 0 spiro atoms. The van der Waals surface area contributed by atoms with Gasteiger partial charge in [0, 0.05) is 19.7 Å². The number of rotatable bonds is 9. The van der Waals surface area contributed by atoms with Gasteiger partial charge in [0.15, 0.2) is 0 Å². The van der Waals surface area contributed by atoms with E-state index >= 15 is 0 Å². The molecule has 0 radical (unpaired) electrons. The third-order valence-electron chi connectivity index (χ3n) is 2.38. The van der Waals surface area contributed by atoms with E-state index in [-0.39, 0.29) is 5.82 Å². The first-order valence-electron chi connectivity index (χ1n) is 6.01. The fourth-order valence-electron chi connectivity index (χ4n) is 1.42. The van der Waals surface area contributed by atoms with Crippen LogP contribution in [0, 0.1) is 5.82 Å². The van der Waals surface area contributed by atoms with Crippen molar-refractivity contribution in [2.45, 2.75) is 12.8 Å². The monoisotopic (exact) mass is 319 g/mol. The Hall–Kier alpha value is -0.650. The van der Waals surface area contributed by atoms with E-state index in [1.807, 2.05) is 0 Å². The van der Waals surface area contributed by atoms with E-state index in [0.717, 1.165) is 37.0 Å². The van der Waals surface area contributed by atoms with Gasteiger partial charge in [-0.05, 0) is 47.4 Å². The second kappa shape index (κ2) is 9.30. The quantitative estimate of drug-likeness (QED) is 0.710. The number of hydrogen-bond donors (Lipinski definition) is 1. The summed E-state index contributed by atoms with van der Waals surface area (Å²) in [5.74, 6) is 0.275. The second-order valence-corrected chi connectivity index (χ2v) is 4.73. The zero-order valence-corrected chi connectivity index (χ0v) is 12.1. The number of ether oxygens (including phenoxy) is 2. The lowest BCUT2D eigenvalue weighted by Crippen LogP contribution is -2.20. The van der Waals surface area contributed by atoms with E-state index < -0.39 is 0 Å². The minimum atomic E-state index is -0.283. The smallest absolute Gasteiger partial charge is 0.136 e. The van der Waals surface area contributed by atoms with Gasteiger partial charge in [-0.1, -0.05) is 0 Å². The third-order valence-corrected chi connectivity index (χ3v) is 3.04. The SMILES string of the molecule is COCCNCCCCOc1cc(F)ccc1Br. The number of methoxy groups -OCH3 is 1. The topological polar surface area (TPSA) is 30.5 Å². The molecule has 0 saturated carbocycles. The zero-order chi connectivity index (χ0) is 13.2. The average Bonchev–Trinajstić information content (AvgIpc) is 2.36. The third kappa shape index (κ3) is 6.33. The minimum Gasteiger partial charge on any atom is -0.492 e. The van der Waals surface area contributed by atoms with Crippen molar-refractivity contribution in [2.24, 2.45) is 0 Å². The normalized spacial score (nSPS) is 10.6. The molecule has 0 aliphatic heterocycles. The summed E-state index contributed by atoms with van der Waals surface area (Å²) in [7, 11) is 1.69. The molecule has 0 amide bonds. The lowest BCUT2D eigenvalue weighted by molar-refractivity contribution is 0.199. The first-order chi connectivity index (χ1) is 8.74. The maximum Gasteiger partial charge on any atom is 0.136 e. The van der Waals surface area contributed by atoms with Crippen LogP contribution in [0.25, 0.3) is 0 Å². The van der Waals surface area contributed by atoms with E-state index in [4.69, 9.17) is 9.47 Å². The molecular formula is C13H19BrFNO2. The predicted octanol–water partition coefficient (Wildman–Crippen LogP) is 2.98. The van der Waals surface area contributed by atoms with Crippen molar-refractivity contribution in [1.29, 1.82) is 0 Å². The van der Waals surface area contributed by atoms with Gasteiger partial charge in [-0.2, -0.15) is 0 Å². The fraction of sp³-hybridized carbons (Fsp3) is 0.538. The molecule has 0 aromatic heterocycles. The molecule has 0 unspecified atom stereocenters. The molecule has 102 valence electrons. The lowest BCUT2D eigenvalue weighted by atomic mass is 10.3. The number of benzene rings is 1. The summed E-state index contributed by atoms with van der Waals surface area (Å²) in [5.41, 5.74) is 0. The van der Waals surface area contributed by atoms with Gasteiger partial charge in [0.05, 0.1) is 17.7 Å². The van der Waals surface area contributed by atoms with Crippen molar-refractivity contribution in [1.82, 2.24) is 5.32 Å². The van der Waals surface area contributed by atoms with Crippen LogP contribution < -0.4 is 10.1 Å². The highest BCUT2D eigenvalue weighted by molar-refractivity contribution is 9.10. The summed E-state index contributed by atoms with van der Waals surface area (Å²) < 4.78 is 24.2. The molecule has 0 bridgehead atoms. The van der Waals surface area contributed by atoms with Crippen LogP contribution in [0.1, 0.15) is 12.8 Å². The highest BCUT2D eigenvalue weighted by Crippen LogP contribution is 2.25. The van der Waals surface area contributed by atoms with E-state index in [9.17, 15) is 4.39 Å². The molecule has 5 heteroatoms. The van der Waals surface area contributed by atoms with Gasteiger partial charge in [0.25, 0.3) is 0 Å². The molecule has 0 heterocycles. The van der Waals surface area contributed by atoms with Gasteiger partial charge >= 0.3 is 0 Å². The average molecular weight is 320 g/mol. The molecule has 0 aliphatic carbocycles. The van der Waals surface area contributed by atoms with Crippen LogP contribution in [0.4, 0.5) is 4.39 Å². The Labute approximate surface area is 116 Å². The summed E-state index contributed by atoms with van der Waals surface area (Å²) in [4.78, 5) is 0. The van der Waals surface area contributed by atoms with Gasteiger partial charge < -0.3 is 14.8 Å². The van der Waals surface area contributed by atoms with Crippen molar-refractivity contribution in [3.8, 4) is 5.75 Å². The van der Waals surface area contributed by atoms with E-state index in [1.54, 1.807) is 13.2 Å². The fourth-order valence-corrected chi connectivity index (χ4v) is 1.78. The molecule has 18 heavy (non-hydrogen) atoms. The summed E-state index contributed by atoms with van der Waals surface area (Å²) in [6.45, 7) is 3.13. The molecule has 0 saturated heterocycles. The maximum atomic E-state index is 13.0. The van der Waals surface area contributed by atoms with Crippen LogP contribution >= 0.6 is 15.9 Å². The Balaban J connectivity index is 2.09. The zero-order valence-electron chi connectivity index (χ0n) is 10.5. The standard InChI is InChI=1S/C13H19BrFNO2/c1-17-9-7-16-6-2-3-8-18-13-10-11(15)4-5-12(13)14/h4-5,10,16H,2-3,6-9H2,1H3. The number of halogens is 2. The molecule has 0 atom stereocenters. The van der Waals surface area contributed by atoms with Crippen molar-refractivity contribution in [2.75, 3.05) is 33.4 Å². The van der Waals surface area contributed by atoms with E-state index in [0.29, 0.717) is 12.4 Å². The van der Waals surface area contributed by atoms with Crippen LogP contribution in [0.15, 0.2) is 22.7 Å². The lowest BCUT2D eigenvalue weighted by Gasteiger charge is -2.08. The van der Waals surface area contributed by atoms with Crippen LogP contribution in [-0.4, -0.2) is 33.4 Å². The minimum absolute atomic E-state index is 0.283. The van der Waals surface area contributed by atoms with Crippen molar-refractivity contribution in [3.63, 3.8) is 0 Å². The first-order valence-corrected chi connectivity index (χ1v) is 6.81. The van der Waals surface area contributed by atoms with Crippen molar-refractivity contribution in [3.05, 3.63) is 28.5 Å². The summed E-state index contributed by atoms with van der Waals surface area (Å²) in [6, 6.07) is 4.44. The summed E-state index contributed by atoms with van der Waals surface area (Å²) in [6.07, 6.45) is 1.96. The highest BCUT2D eigenvalue weighted by atomic mass is 79.9. The van der Waals surface area contributed by atoms with Gasteiger partial charge in [0.2, 0.25) is 0 Å². The molecule has 1 aromatic carbocycles. The Morgan fingerprint density at radius 2 is 2.06 bits per heavy atom. The van der Waals surface area contributed by atoms with Gasteiger partial charge in [-0.25, -0.2) is 4.39 Å². The molecule has 0 aliphatic rings. The van der Waals surface area contributed by atoms with Gasteiger partial charge in [-0.3, -0.25) is 0 Å². The number of unbranched alkanes of at least 4 members (excludes halogenated alkanes) is 1. The molecule has 1 rings (SSSR count). The highest BCUT2D eigenvalue weighted by Gasteiger charge is 2.02. The molecule has 3 nitrogen and oxygen atoms in total. The summed E-state index contributed by atoms with van der Waals surface area (Å²) >= 11 is 3.32. The Bertz CT molecular complexity index is 350. The molecule has 1 aromatic rings.